The fourth-order valence-corrected chi connectivity index (χ4v) is 3.74. The third-order valence-corrected chi connectivity index (χ3v) is 4.99. The number of benzene rings is 2. The van der Waals surface area contributed by atoms with Gasteiger partial charge in [0.25, 0.3) is 0 Å². The Balaban J connectivity index is 2.11. The van der Waals surface area contributed by atoms with Crippen LogP contribution in [0.3, 0.4) is 0 Å². The number of fused-ring (bicyclic) bond motifs is 1. The average Bonchev–Trinajstić information content (AvgIpc) is 2.88. The molecule has 2 aromatic carbocycles. The summed E-state index contributed by atoms with van der Waals surface area (Å²) in [6.07, 6.45) is 0.901. The minimum absolute atomic E-state index is 0.166. The van der Waals surface area contributed by atoms with Gasteiger partial charge in [0.15, 0.2) is 0 Å². The molecule has 0 amide bonds. The molecule has 2 aromatic rings. The minimum atomic E-state index is -0.216. The molecule has 0 saturated heterocycles. The molecule has 0 aliphatic carbocycles. The highest BCUT2D eigenvalue weighted by atomic mass is 79.9. The zero-order valence-electron chi connectivity index (χ0n) is 10.9. The van der Waals surface area contributed by atoms with E-state index in [1.54, 1.807) is 13.0 Å². The van der Waals surface area contributed by atoms with Crippen LogP contribution in [0, 0.1) is 12.7 Å². The molecule has 1 unspecified atom stereocenters. The van der Waals surface area contributed by atoms with Crippen molar-refractivity contribution < 1.29 is 9.13 Å². The van der Waals surface area contributed by atoms with Crippen molar-refractivity contribution in [2.24, 2.45) is 0 Å². The van der Waals surface area contributed by atoms with Crippen molar-refractivity contribution in [2.75, 3.05) is 6.61 Å². The van der Waals surface area contributed by atoms with Crippen molar-refractivity contribution in [3.8, 4) is 5.75 Å². The summed E-state index contributed by atoms with van der Waals surface area (Å²) in [5.74, 6) is 0.720. The Morgan fingerprint density at radius 1 is 1.25 bits per heavy atom. The summed E-state index contributed by atoms with van der Waals surface area (Å²) in [6, 6.07) is 9.52. The van der Waals surface area contributed by atoms with Gasteiger partial charge in [0.2, 0.25) is 0 Å². The molecule has 0 fully saturated rings. The molecular formula is C16H13Br2FO. The molecule has 104 valence electrons. The van der Waals surface area contributed by atoms with E-state index in [4.69, 9.17) is 4.74 Å². The lowest BCUT2D eigenvalue weighted by molar-refractivity contribution is 0.354. The molecule has 1 atom stereocenters. The Labute approximate surface area is 134 Å². The predicted octanol–water partition coefficient (Wildman–Crippen LogP) is 5.32. The molecule has 20 heavy (non-hydrogen) atoms. The SMILES string of the molecule is Cc1cccc(C(Br)c2cc(Br)cc3c2OCC3)c1F. The summed E-state index contributed by atoms with van der Waals surface area (Å²) in [5.41, 5.74) is 3.43. The van der Waals surface area contributed by atoms with E-state index in [1.165, 1.54) is 5.56 Å². The van der Waals surface area contributed by atoms with Crippen molar-refractivity contribution in [1.82, 2.24) is 0 Å². The first kappa shape index (κ1) is 14.1. The molecular weight excluding hydrogens is 387 g/mol. The lowest BCUT2D eigenvalue weighted by atomic mass is 9.99. The minimum Gasteiger partial charge on any atom is -0.493 e. The van der Waals surface area contributed by atoms with E-state index in [-0.39, 0.29) is 10.6 Å². The molecule has 1 aliphatic rings. The van der Waals surface area contributed by atoms with Crippen LogP contribution in [0.15, 0.2) is 34.8 Å². The van der Waals surface area contributed by atoms with Crippen LogP contribution in [0.1, 0.15) is 27.1 Å². The highest BCUT2D eigenvalue weighted by molar-refractivity contribution is 9.10. The molecule has 1 nitrogen and oxygen atoms in total. The van der Waals surface area contributed by atoms with E-state index >= 15 is 0 Å². The van der Waals surface area contributed by atoms with Crippen LogP contribution in [-0.4, -0.2) is 6.61 Å². The molecule has 0 spiro atoms. The van der Waals surface area contributed by atoms with Gasteiger partial charge >= 0.3 is 0 Å². The zero-order valence-corrected chi connectivity index (χ0v) is 14.1. The first-order valence-corrected chi connectivity index (χ1v) is 8.13. The molecule has 0 aromatic heterocycles. The summed E-state index contributed by atoms with van der Waals surface area (Å²) in [7, 11) is 0. The van der Waals surface area contributed by atoms with E-state index in [0.29, 0.717) is 17.7 Å². The van der Waals surface area contributed by atoms with Gasteiger partial charge in [-0.2, -0.15) is 0 Å². The number of halogens is 3. The van der Waals surface area contributed by atoms with Crippen LogP contribution in [0.2, 0.25) is 0 Å². The Kier molecular flexibility index (Phi) is 3.87. The topological polar surface area (TPSA) is 9.23 Å². The second kappa shape index (κ2) is 5.49. The molecule has 3 rings (SSSR count). The highest BCUT2D eigenvalue weighted by Gasteiger charge is 2.24. The Morgan fingerprint density at radius 2 is 2.05 bits per heavy atom. The third-order valence-electron chi connectivity index (χ3n) is 3.54. The van der Waals surface area contributed by atoms with Gasteiger partial charge in [0.05, 0.1) is 11.4 Å². The zero-order chi connectivity index (χ0) is 14.3. The summed E-state index contributed by atoms with van der Waals surface area (Å²) in [4.78, 5) is -0.216. The first-order chi connectivity index (χ1) is 9.58. The second-order valence-corrected chi connectivity index (χ2v) is 6.75. The molecule has 0 saturated carbocycles. The summed E-state index contributed by atoms with van der Waals surface area (Å²) >= 11 is 7.15. The van der Waals surface area contributed by atoms with Gasteiger partial charge < -0.3 is 4.74 Å². The van der Waals surface area contributed by atoms with Crippen LogP contribution in [0.4, 0.5) is 4.39 Å². The highest BCUT2D eigenvalue weighted by Crippen LogP contribution is 2.43. The monoisotopic (exact) mass is 398 g/mol. The molecule has 0 N–H and O–H groups in total. The lowest BCUT2D eigenvalue weighted by Crippen LogP contribution is -2.01. The molecule has 1 heterocycles. The van der Waals surface area contributed by atoms with E-state index in [0.717, 1.165) is 22.2 Å². The van der Waals surface area contributed by atoms with E-state index in [9.17, 15) is 4.39 Å². The number of rotatable bonds is 2. The third kappa shape index (κ3) is 2.40. The molecule has 0 bridgehead atoms. The maximum Gasteiger partial charge on any atom is 0.130 e. The Morgan fingerprint density at radius 3 is 2.85 bits per heavy atom. The largest absolute Gasteiger partial charge is 0.493 e. The van der Waals surface area contributed by atoms with Gasteiger partial charge in [-0.15, -0.1) is 0 Å². The summed E-state index contributed by atoms with van der Waals surface area (Å²) in [6.45, 7) is 2.47. The smallest absolute Gasteiger partial charge is 0.130 e. The van der Waals surface area contributed by atoms with E-state index in [1.807, 2.05) is 18.2 Å². The van der Waals surface area contributed by atoms with E-state index in [2.05, 4.69) is 37.9 Å². The van der Waals surface area contributed by atoms with Crippen molar-refractivity contribution in [3.05, 3.63) is 62.9 Å². The normalized spacial score (nSPS) is 14.8. The number of alkyl halides is 1. The van der Waals surface area contributed by atoms with E-state index < -0.39 is 0 Å². The number of ether oxygens (including phenoxy) is 1. The lowest BCUT2D eigenvalue weighted by Gasteiger charge is -2.16. The van der Waals surface area contributed by atoms with Crippen molar-refractivity contribution >= 4 is 31.9 Å². The van der Waals surface area contributed by atoms with Crippen molar-refractivity contribution in [2.45, 2.75) is 18.2 Å². The second-order valence-electron chi connectivity index (χ2n) is 4.92. The number of aryl methyl sites for hydroxylation is 1. The predicted molar refractivity (Wildman–Crippen MR) is 85.2 cm³/mol. The first-order valence-electron chi connectivity index (χ1n) is 6.42. The standard InChI is InChI=1S/C16H13Br2FO/c1-9-3-2-4-12(15(9)19)14(18)13-8-11(17)7-10-5-6-20-16(10)13/h2-4,7-8,14H,5-6H2,1H3. The number of hydrogen-bond acceptors (Lipinski definition) is 1. The van der Waals surface area contributed by atoms with Gasteiger partial charge in [-0.05, 0) is 30.2 Å². The Bertz CT molecular complexity index is 670. The van der Waals surface area contributed by atoms with Crippen LogP contribution >= 0.6 is 31.9 Å². The molecule has 1 aliphatic heterocycles. The van der Waals surface area contributed by atoms with Gasteiger partial charge in [-0.3, -0.25) is 0 Å². The maximum atomic E-state index is 14.3. The van der Waals surface area contributed by atoms with Crippen molar-refractivity contribution in [3.63, 3.8) is 0 Å². The van der Waals surface area contributed by atoms with Gasteiger partial charge in [-0.1, -0.05) is 50.1 Å². The summed E-state index contributed by atoms with van der Waals surface area (Å²) < 4.78 is 21.0. The number of hydrogen-bond donors (Lipinski definition) is 0. The van der Waals surface area contributed by atoms with Crippen LogP contribution in [0.25, 0.3) is 0 Å². The average molecular weight is 400 g/mol. The summed E-state index contributed by atoms with van der Waals surface area (Å²) in [5, 5.41) is 0. The van der Waals surface area contributed by atoms with Crippen LogP contribution in [0.5, 0.6) is 5.75 Å². The quantitative estimate of drug-likeness (QED) is 0.621. The fourth-order valence-electron chi connectivity index (χ4n) is 2.52. The fraction of sp³-hybridized carbons (Fsp3) is 0.250. The Hall–Kier alpha value is -0.870. The van der Waals surface area contributed by atoms with Crippen LogP contribution in [-0.2, 0) is 6.42 Å². The molecule has 0 radical (unpaired) electrons. The molecule has 4 heteroatoms. The maximum absolute atomic E-state index is 14.3. The van der Waals surface area contributed by atoms with Gasteiger partial charge in [0, 0.05) is 22.0 Å². The van der Waals surface area contributed by atoms with Gasteiger partial charge in [0.1, 0.15) is 11.6 Å². The van der Waals surface area contributed by atoms with Gasteiger partial charge in [-0.25, -0.2) is 4.39 Å². The van der Waals surface area contributed by atoms with Crippen LogP contribution < -0.4 is 4.74 Å². The van der Waals surface area contributed by atoms with Crippen molar-refractivity contribution in [1.29, 1.82) is 0 Å².